The molecule has 1 amide bonds. The van der Waals surface area contributed by atoms with Gasteiger partial charge in [-0.2, -0.15) is 0 Å². The van der Waals surface area contributed by atoms with Crippen LogP contribution < -0.4 is 0 Å². The topological polar surface area (TPSA) is 70.1 Å². The average Bonchev–Trinajstić information content (AvgIpc) is 3.07. The third-order valence-corrected chi connectivity index (χ3v) is 4.96. The third-order valence-electron chi connectivity index (χ3n) is 4.96. The first-order valence-electron chi connectivity index (χ1n) is 8.44. The van der Waals surface area contributed by atoms with E-state index in [0.717, 1.165) is 4.90 Å². The van der Waals surface area contributed by atoms with Crippen LogP contribution in [0.1, 0.15) is 17.9 Å². The number of halogens is 4. The molecule has 0 radical (unpaired) electrons. The molecule has 2 atom stereocenters. The summed E-state index contributed by atoms with van der Waals surface area (Å²) in [5.74, 6) is -7.84. The number of amides is 1. The first-order chi connectivity index (χ1) is 12.8. The van der Waals surface area contributed by atoms with Gasteiger partial charge in [-0.15, -0.1) is 0 Å². The van der Waals surface area contributed by atoms with Crippen LogP contribution >= 0.6 is 0 Å². The van der Waals surface area contributed by atoms with E-state index in [1.54, 1.807) is 4.90 Å². The van der Waals surface area contributed by atoms with E-state index in [-0.39, 0.29) is 19.0 Å². The Balaban J connectivity index is 1.83. The molecular weight excluding hydrogens is 372 g/mol. The quantitative estimate of drug-likeness (QED) is 0.629. The summed E-state index contributed by atoms with van der Waals surface area (Å²) in [5, 5.41) is 9.36. The number of nitrogens with zero attached hydrogens (tertiary/aromatic N) is 2. The van der Waals surface area contributed by atoms with Gasteiger partial charge in [0.15, 0.2) is 29.1 Å². The van der Waals surface area contributed by atoms with E-state index in [0.29, 0.717) is 26.3 Å². The lowest BCUT2D eigenvalue weighted by Crippen LogP contribution is -2.46. The first kappa shape index (κ1) is 19.6. The second-order valence-electron chi connectivity index (χ2n) is 6.62. The molecule has 1 N–H and O–H groups in total. The molecule has 2 heterocycles. The summed E-state index contributed by atoms with van der Waals surface area (Å²) < 4.78 is 60.3. The molecular formula is C17H18F4N2O4. The maximum Gasteiger partial charge on any atom is 0.407 e. The van der Waals surface area contributed by atoms with E-state index < -0.39 is 59.2 Å². The minimum Gasteiger partial charge on any atom is -0.465 e. The Morgan fingerprint density at radius 2 is 1.70 bits per heavy atom. The van der Waals surface area contributed by atoms with Crippen molar-refractivity contribution in [3.05, 3.63) is 34.9 Å². The molecule has 0 bridgehead atoms. The predicted octanol–water partition coefficient (Wildman–Crippen LogP) is 1.98. The number of hydrogen-bond donors (Lipinski definition) is 1. The van der Waals surface area contributed by atoms with Gasteiger partial charge in [-0.1, -0.05) is 0 Å². The second kappa shape index (κ2) is 7.81. The summed E-state index contributed by atoms with van der Waals surface area (Å²) in [7, 11) is 0. The summed E-state index contributed by atoms with van der Waals surface area (Å²) in [6.45, 7) is 1.45. The summed E-state index contributed by atoms with van der Waals surface area (Å²) in [4.78, 5) is 26.6. The monoisotopic (exact) mass is 390 g/mol. The van der Waals surface area contributed by atoms with E-state index in [9.17, 15) is 32.3 Å². The van der Waals surface area contributed by atoms with Crippen LogP contribution in [0.3, 0.4) is 0 Å². The third kappa shape index (κ3) is 3.91. The van der Waals surface area contributed by atoms with Crippen LogP contribution in [0, 0.1) is 23.3 Å². The van der Waals surface area contributed by atoms with Gasteiger partial charge >= 0.3 is 6.09 Å². The van der Waals surface area contributed by atoms with E-state index in [1.165, 1.54) is 0 Å². The lowest BCUT2D eigenvalue weighted by molar-refractivity contribution is -0.125. The molecule has 6 nitrogen and oxygen atoms in total. The molecule has 2 saturated heterocycles. The summed E-state index contributed by atoms with van der Waals surface area (Å²) in [5.41, 5.74) is -0.861. The van der Waals surface area contributed by atoms with Crippen molar-refractivity contribution in [2.45, 2.75) is 18.4 Å². The van der Waals surface area contributed by atoms with Crippen LogP contribution in [0.25, 0.3) is 0 Å². The number of benzene rings is 1. The van der Waals surface area contributed by atoms with E-state index in [4.69, 9.17) is 4.74 Å². The van der Waals surface area contributed by atoms with Gasteiger partial charge in [-0.05, 0) is 6.42 Å². The Morgan fingerprint density at radius 3 is 2.26 bits per heavy atom. The molecule has 1 aromatic carbocycles. The van der Waals surface area contributed by atoms with E-state index in [2.05, 4.69) is 0 Å². The number of carbonyl (C=O) groups is 2. The van der Waals surface area contributed by atoms with Crippen molar-refractivity contribution in [3.63, 3.8) is 0 Å². The maximum atomic E-state index is 14.1. The molecule has 10 heteroatoms. The van der Waals surface area contributed by atoms with Gasteiger partial charge in [0.1, 0.15) is 0 Å². The van der Waals surface area contributed by atoms with Crippen LogP contribution in [0.5, 0.6) is 0 Å². The molecule has 2 aliphatic heterocycles. The van der Waals surface area contributed by atoms with Crippen molar-refractivity contribution in [3.8, 4) is 0 Å². The summed E-state index contributed by atoms with van der Waals surface area (Å²) in [6.07, 6.45) is -1.68. The van der Waals surface area contributed by atoms with Crippen LogP contribution in [-0.2, 0) is 9.53 Å². The fourth-order valence-corrected chi connectivity index (χ4v) is 3.60. The number of rotatable bonds is 4. The molecule has 0 aromatic heterocycles. The van der Waals surface area contributed by atoms with Crippen LogP contribution in [-0.4, -0.2) is 72.2 Å². The molecule has 2 fully saturated rings. The number of carboxylic acid groups (broad SMARTS) is 1. The number of morpholine rings is 1. The fourth-order valence-electron chi connectivity index (χ4n) is 3.60. The van der Waals surface area contributed by atoms with Gasteiger partial charge in [0, 0.05) is 37.2 Å². The Morgan fingerprint density at radius 1 is 1.11 bits per heavy atom. The molecule has 2 unspecified atom stereocenters. The SMILES string of the molecule is O=C(CN1CCOCC1)C1CC(c2c(F)c(F)cc(F)c2F)CN1C(=O)O. The predicted molar refractivity (Wildman–Crippen MR) is 84.4 cm³/mol. The first-order valence-corrected chi connectivity index (χ1v) is 8.44. The molecule has 0 spiro atoms. The standard InChI is InChI=1S/C17H18F4N2O4/c18-10-6-11(19)16(21)14(15(10)20)9-5-12(23(7-9)17(25)26)13(24)8-22-1-3-27-4-2-22/h6,9,12H,1-5,7-8H2,(H,25,26). The van der Waals surface area contributed by atoms with Gasteiger partial charge < -0.3 is 9.84 Å². The molecule has 0 aliphatic carbocycles. The highest BCUT2D eigenvalue weighted by Crippen LogP contribution is 2.36. The number of ether oxygens (including phenoxy) is 1. The van der Waals surface area contributed by atoms with Gasteiger partial charge in [-0.25, -0.2) is 22.4 Å². The van der Waals surface area contributed by atoms with Crippen LogP contribution in [0.15, 0.2) is 6.07 Å². The van der Waals surface area contributed by atoms with Crippen molar-refractivity contribution in [2.24, 2.45) is 0 Å². The van der Waals surface area contributed by atoms with E-state index in [1.807, 2.05) is 0 Å². The number of hydrogen-bond acceptors (Lipinski definition) is 4. The minimum atomic E-state index is -1.56. The van der Waals surface area contributed by atoms with Crippen molar-refractivity contribution in [1.82, 2.24) is 9.80 Å². The zero-order valence-corrected chi connectivity index (χ0v) is 14.3. The molecule has 0 saturated carbocycles. The molecule has 1 aromatic rings. The fraction of sp³-hybridized carbons (Fsp3) is 0.529. The highest BCUT2D eigenvalue weighted by molar-refractivity contribution is 5.89. The number of carbonyl (C=O) groups excluding carboxylic acids is 1. The second-order valence-corrected chi connectivity index (χ2v) is 6.62. The van der Waals surface area contributed by atoms with Crippen molar-refractivity contribution in [1.29, 1.82) is 0 Å². The Labute approximate surface area is 152 Å². The lowest BCUT2D eigenvalue weighted by atomic mass is 9.93. The smallest absolute Gasteiger partial charge is 0.407 e. The molecule has 148 valence electrons. The minimum absolute atomic E-state index is 0.0347. The number of Topliss-reactive ketones (excluding diaryl/α,β-unsaturated/α-hetero) is 1. The Kier molecular flexibility index (Phi) is 5.66. The zero-order valence-electron chi connectivity index (χ0n) is 14.3. The maximum absolute atomic E-state index is 14.1. The van der Waals surface area contributed by atoms with Gasteiger partial charge in [0.05, 0.1) is 25.8 Å². The highest BCUT2D eigenvalue weighted by Gasteiger charge is 2.43. The van der Waals surface area contributed by atoms with Gasteiger partial charge in [-0.3, -0.25) is 14.6 Å². The van der Waals surface area contributed by atoms with Crippen molar-refractivity contribution >= 4 is 11.9 Å². The van der Waals surface area contributed by atoms with Gasteiger partial charge in [0.2, 0.25) is 0 Å². The normalized spacial score (nSPS) is 23.6. The molecule has 27 heavy (non-hydrogen) atoms. The van der Waals surface area contributed by atoms with Crippen molar-refractivity contribution < 1.29 is 37.0 Å². The molecule has 3 rings (SSSR count). The lowest BCUT2D eigenvalue weighted by Gasteiger charge is -2.28. The Hall–Kier alpha value is -2.20. The van der Waals surface area contributed by atoms with Crippen LogP contribution in [0.2, 0.25) is 0 Å². The summed E-state index contributed by atoms with van der Waals surface area (Å²) in [6, 6.07) is -1.04. The number of likely N-dealkylation sites (tertiary alicyclic amines) is 1. The van der Waals surface area contributed by atoms with Crippen LogP contribution in [0.4, 0.5) is 22.4 Å². The molecule has 2 aliphatic rings. The Bertz CT molecular complexity index is 729. The van der Waals surface area contributed by atoms with E-state index >= 15 is 0 Å². The highest BCUT2D eigenvalue weighted by atomic mass is 19.2. The van der Waals surface area contributed by atoms with Crippen molar-refractivity contribution in [2.75, 3.05) is 39.4 Å². The largest absolute Gasteiger partial charge is 0.465 e. The zero-order chi connectivity index (χ0) is 19.7. The van der Waals surface area contributed by atoms with Gasteiger partial charge in [0.25, 0.3) is 0 Å². The summed E-state index contributed by atoms with van der Waals surface area (Å²) >= 11 is 0. The number of ketones is 1. The average molecular weight is 390 g/mol.